The number of nitrogens with zero attached hydrogens (tertiary/aromatic N) is 3. The zero-order valence-corrected chi connectivity index (χ0v) is 8.99. The standard InChI is InChI=1S/C11H15N3O/c1-14-7-4-10(13-14)11(8-12)5-2-9(15)3-6-11/h2-7H2,1H3. The lowest BCUT2D eigenvalue weighted by atomic mass is 9.71. The molecule has 0 atom stereocenters. The zero-order valence-electron chi connectivity index (χ0n) is 8.99. The molecule has 0 unspecified atom stereocenters. The van der Waals surface area contributed by atoms with Crippen LogP contribution in [0.25, 0.3) is 0 Å². The molecule has 0 spiro atoms. The first-order chi connectivity index (χ1) is 7.16. The number of carbonyl (C=O) groups is 1. The van der Waals surface area contributed by atoms with Crippen molar-refractivity contribution in [2.24, 2.45) is 10.5 Å². The summed E-state index contributed by atoms with van der Waals surface area (Å²) in [6.45, 7) is 0.896. The van der Waals surface area contributed by atoms with Crippen molar-refractivity contribution >= 4 is 11.5 Å². The third kappa shape index (κ3) is 1.74. The molecule has 4 heteroatoms. The van der Waals surface area contributed by atoms with Crippen LogP contribution in [-0.4, -0.2) is 30.1 Å². The van der Waals surface area contributed by atoms with E-state index in [0.717, 1.165) is 18.7 Å². The van der Waals surface area contributed by atoms with E-state index in [0.29, 0.717) is 25.7 Å². The van der Waals surface area contributed by atoms with Crippen molar-refractivity contribution in [1.29, 1.82) is 5.26 Å². The maximum atomic E-state index is 11.2. The maximum absolute atomic E-state index is 11.2. The molecule has 15 heavy (non-hydrogen) atoms. The lowest BCUT2D eigenvalue weighted by Crippen LogP contribution is -2.33. The highest BCUT2D eigenvalue weighted by Crippen LogP contribution is 2.38. The van der Waals surface area contributed by atoms with Crippen molar-refractivity contribution in [2.45, 2.75) is 32.1 Å². The van der Waals surface area contributed by atoms with Gasteiger partial charge in [-0.05, 0) is 12.8 Å². The molecule has 0 radical (unpaired) electrons. The SMILES string of the molecule is CN1CCC(C2(C#N)CCC(=O)CC2)=N1. The number of hydrogen-bond donors (Lipinski definition) is 0. The molecule has 1 aliphatic carbocycles. The van der Waals surface area contributed by atoms with Gasteiger partial charge in [-0.15, -0.1) is 0 Å². The van der Waals surface area contributed by atoms with Crippen LogP contribution >= 0.6 is 0 Å². The van der Waals surface area contributed by atoms with Crippen LogP contribution < -0.4 is 0 Å². The van der Waals surface area contributed by atoms with Crippen molar-refractivity contribution in [2.75, 3.05) is 13.6 Å². The fraction of sp³-hybridized carbons (Fsp3) is 0.727. The Morgan fingerprint density at radius 3 is 2.53 bits per heavy atom. The van der Waals surface area contributed by atoms with E-state index in [1.165, 1.54) is 0 Å². The molecule has 0 aromatic rings. The minimum absolute atomic E-state index is 0.285. The largest absolute Gasteiger partial charge is 0.300 e. The molecule has 2 rings (SSSR count). The van der Waals surface area contributed by atoms with Crippen molar-refractivity contribution < 1.29 is 4.79 Å². The predicted octanol–water partition coefficient (Wildman–Crippen LogP) is 1.33. The number of Topliss-reactive ketones (excluding diaryl/α,β-unsaturated/α-hetero) is 1. The van der Waals surface area contributed by atoms with E-state index in [1.54, 1.807) is 0 Å². The van der Waals surface area contributed by atoms with Gasteiger partial charge in [0.25, 0.3) is 0 Å². The van der Waals surface area contributed by atoms with Gasteiger partial charge in [0.1, 0.15) is 5.78 Å². The number of carbonyl (C=O) groups excluding carboxylic acids is 1. The minimum Gasteiger partial charge on any atom is -0.300 e. The Balaban J connectivity index is 2.20. The van der Waals surface area contributed by atoms with Crippen LogP contribution in [0.3, 0.4) is 0 Å². The predicted molar refractivity (Wildman–Crippen MR) is 56.2 cm³/mol. The van der Waals surface area contributed by atoms with Crippen LogP contribution in [0.5, 0.6) is 0 Å². The second kappa shape index (κ2) is 3.65. The lowest BCUT2D eigenvalue weighted by Gasteiger charge is -2.29. The van der Waals surface area contributed by atoms with Crippen molar-refractivity contribution in [1.82, 2.24) is 5.01 Å². The highest BCUT2D eigenvalue weighted by molar-refractivity contribution is 5.95. The highest BCUT2D eigenvalue weighted by Gasteiger charge is 2.41. The molecule has 0 bridgehead atoms. The molecule has 0 aromatic carbocycles. The Labute approximate surface area is 89.6 Å². The van der Waals surface area contributed by atoms with E-state index >= 15 is 0 Å². The van der Waals surface area contributed by atoms with Gasteiger partial charge in [-0.3, -0.25) is 9.80 Å². The second-order valence-corrected chi connectivity index (χ2v) is 4.41. The Hall–Kier alpha value is -1.37. The summed E-state index contributed by atoms with van der Waals surface area (Å²) in [5.41, 5.74) is 0.540. The molecule has 4 nitrogen and oxygen atoms in total. The Morgan fingerprint density at radius 1 is 1.40 bits per heavy atom. The van der Waals surface area contributed by atoms with Crippen molar-refractivity contribution in [3.05, 3.63) is 0 Å². The van der Waals surface area contributed by atoms with Crippen LogP contribution in [-0.2, 0) is 4.79 Å². The van der Waals surface area contributed by atoms with Gasteiger partial charge in [0.15, 0.2) is 0 Å². The third-order valence-electron chi connectivity index (χ3n) is 3.39. The number of hydrogen-bond acceptors (Lipinski definition) is 4. The van der Waals surface area contributed by atoms with Crippen LogP contribution in [0, 0.1) is 16.7 Å². The number of ketones is 1. The van der Waals surface area contributed by atoms with E-state index < -0.39 is 5.41 Å². The number of hydrazone groups is 1. The van der Waals surface area contributed by atoms with Gasteiger partial charge in [-0.25, -0.2) is 0 Å². The average Bonchev–Trinajstić information content (AvgIpc) is 2.67. The monoisotopic (exact) mass is 205 g/mol. The van der Waals surface area contributed by atoms with Crippen LogP contribution in [0.15, 0.2) is 5.10 Å². The summed E-state index contributed by atoms with van der Waals surface area (Å²) in [6.07, 6.45) is 3.27. The number of nitriles is 1. The number of rotatable bonds is 1. The molecular weight excluding hydrogens is 190 g/mol. The summed E-state index contributed by atoms with van der Waals surface area (Å²) in [7, 11) is 1.92. The smallest absolute Gasteiger partial charge is 0.133 e. The first kappa shape index (κ1) is 10.2. The average molecular weight is 205 g/mol. The topological polar surface area (TPSA) is 56.5 Å². The fourth-order valence-electron chi connectivity index (χ4n) is 2.33. The van der Waals surface area contributed by atoms with Gasteiger partial charge in [-0.1, -0.05) is 0 Å². The highest BCUT2D eigenvalue weighted by atomic mass is 16.1. The lowest BCUT2D eigenvalue weighted by molar-refractivity contribution is -0.121. The van der Waals surface area contributed by atoms with Gasteiger partial charge in [0.05, 0.1) is 17.2 Å². The van der Waals surface area contributed by atoms with Gasteiger partial charge < -0.3 is 0 Å². The Morgan fingerprint density at radius 2 is 2.07 bits per heavy atom. The summed E-state index contributed by atoms with van der Waals surface area (Å²) in [6, 6.07) is 2.39. The Kier molecular flexibility index (Phi) is 2.47. The van der Waals surface area contributed by atoms with Gasteiger partial charge in [-0.2, -0.15) is 10.4 Å². The molecule has 1 fully saturated rings. The molecule has 1 heterocycles. The summed E-state index contributed by atoms with van der Waals surface area (Å²) >= 11 is 0. The van der Waals surface area contributed by atoms with E-state index in [1.807, 2.05) is 12.1 Å². The zero-order chi connectivity index (χ0) is 10.9. The molecular formula is C11H15N3O. The minimum atomic E-state index is -0.446. The normalized spacial score (nSPS) is 24.9. The summed E-state index contributed by atoms with van der Waals surface area (Å²) in [5.74, 6) is 0.285. The van der Waals surface area contributed by atoms with Crippen molar-refractivity contribution in [3.8, 4) is 6.07 Å². The van der Waals surface area contributed by atoms with E-state index in [9.17, 15) is 10.1 Å². The summed E-state index contributed by atoms with van der Waals surface area (Å²) < 4.78 is 0. The maximum Gasteiger partial charge on any atom is 0.133 e. The summed E-state index contributed by atoms with van der Waals surface area (Å²) in [4.78, 5) is 11.2. The molecule has 0 aromatic heterocycles. The van der Waals surface area contributed by atoms with Gasteiger partial charge in [0, 0.05) is 32.9 Å². The van der Waals surface area contributed by atoms with Crippen LogP contribution in [0.1, 0.15) is 32.1 Å². The first-order valence-corrected chi connectivity index (χ1v) is 5.38. The quantitative estimate of drug-likeness (QED) is 0.649. The second-order valence-electron chi connectivity index (χ2n) is 4.41. The molecule has 0 saturated heterocycles. The Bertz CT molecular complexity index is 343. The third-order valence-corrected chi connectivity index (χ3v) is 3.39. The molecule has 0 N–H and O–H groups in total. The van der Waals surface area contributed by atoms with Crippen LogP contribution in [0.4, 0.5) is 0 Å². The molecule has 2 aliphatic rings. The van der Waals surface area contributed by atoms with Gasteiger partial charge >= 0.3 is 0 Å². The first-order valence-electron chi connectivity index (χ1n) is 5.38. The molecule has 80 valence electrons. The van der Waals surface area contributed by atoms with E-state index in [4.69, 9.17) is 0 Å². The molecule has 1 aliphatic heterocycles. The van der Waals surface area contributed by atoms with Gasteiger partial charge in [0.2, 0.25) is 0 Å². The van der Waals surface area contributed by atoms with E-state index in [-0.39, 0.29) is 5.78 Å². The summed E-state index contributed by atoms with van der Waals surface area (Å²) in [5, 5.41) is 15.6. The molecule has 1 saturated carbocycles. The van der Waals surface area contributed by atoms with Crippen molar-refractivity contribution in [3.63, 3.8) is 0 Å². The molecule has 0 amide bonds. The fourth-order valence-corrected chi connectivity index (χ4v) is 2.33. The van der Waals surface area contributed by atoms with E-state index in [2.05, 4.69) is 11.2 Å². The van der Waals surface area contributed by atoms with Crippen LogP contribution in [0.2, 0.25) is 0 Å².